The van der Waals surface area contributed by atoms with Gasteiger partial charge in [0, 0.05) is 11.1 Å². The van der Waals surface area contributed by atoms with Gasteiger partial charge in [-0.15, -0.1) is 12.4 Å². The number of amidine groups is 2. The molecule has 2 rings (SSSR count). The molecular formula is C14H15ClN4O. The van der Waals surface area contributed by atoms with Crippen LogP contribution >= 0.6 is 12.4 Å². The van der Waals surface area contributed by atoms with Crippen LogP contribution < -0.4 is 16.2 Å². The van der Waals surface area contributed by atoms with Gasteiger partial charge in [-0.2, -0.15) is 0 Å². The highest BCUT2D eigenvalue weighted by molar-refractivity contribution is 5.95. The quantitative estimate of drug-likeness (QED) is 0.513. The molecule has 0 radical (unpaired) electrons. The lowest BCUT2D eigenvalue weighted by atomic mass is 10.2. The Labute approximate surface area is 123 Å². The van der Waals surface area contributed by atoms with Crippen LogP contribution in [0.15, 0.2) is 48.5 Å². The highest BCUT2D eigenvalue weighted by Crippen LogP contribution is 2.21. The molecule has 0 saturated heterocycles. The van der Waals surface area contributed by atoms with Crippen molar-refractivity contribution in [2.75, 3.05) is 0 Å². The fourth-order valence-corrected chi connectivity index (χ4v) is 1.54. The van der Waals surface area contributed by atoms with Crippen LogP contribution in [0, 0.1) is 10.8 Å². The Kier molecular flexibility index (Phi) is 5.11. The third-order valence-electron chi connectivity index (χ3n) is 2.57. The van der Waals surface area contributed by atoms with Gasteiger partial charge < -0.3 is 16.2 Å². The zero-order valence-electron chi connectivity index (χ0n) is 10.6. The Hall–Kier alpha value is -2.53. The molecule has 104 valence electrons. The van der Waals surface area contributed by atoms with Crippen LogP contribution in [0.25, 0.3) is 0 Å². The minimum Gasteiger partial charge on any atom is -0.457 e. The van der Waals surface area contributed by atoms with Gasteiger partial charge in [-0.25, -0.2) is 0 Å². The summed E-state index contributed by atoms with van der Waals surface area (Å²) in [6, 6.07) is 13.9. The van der Waals surface area contributed by atoms with Gasteiger partial charge in [0.15, 0.2) is 0 Å². The zero-order chi connectivity index (χ0) is 13.8. The standard InChI is InChI=1S/C14H14N4O.ClH/c15-13(16)9-1-5-11(6-2-9)19-12-7-3-10(4-8-12)14(17)18;/h1-8H,(H3,15,16)(H3,17,18);1H. The van der Waals surface area contributed by atoms with Crippen LogP contribution in [0.2, 0.25) is 0 Å². The fraction of sp³-hybridized carbons (Fsp3) is 0. The lowest BCUT2D eigenvalue weighted by Gasteiger charge is -2.07. The van der Waals surface area contributed by atoms with Crippen molar-refractivity contribution in [3.05, 3.63) is 59.7 Å². The second-order valence-corrected chi connectivity index (χ2v) is 3.98. The first-order valence-corrected chi connectivity index (χ1v) is 5.63. The Morgan fingerprint density at radius 2 is 1.00 bits per heavy atom. The van der Waals surface area contributed by atoms with E-state index >= 15 is 0 Å². The minimum absolute atomic E-state index is 0. The molecule has 0 unspecified atom stereocenters. The van der Waals surface area contributed by atoms with Gasteiger partial charge in [-0.1, -0.05) is 0 Å². The lowest BCUT2D eigenvalue weighted by molar-refractivity contribution is 0.482. The first-order valence-electron chi connectivity index (χ1n) is 5.63. The SMILES string of the molecule is Cl.N=C(N)c1ccc(Oc2ccc(C(=N)N)cc2)cc1. The second-order valence-electron chi connectivity index (χ2n) is 3.98. The van der Waals surface area contributed by atoms with Crippen molar-refractivity contribution in [2.45, 2.75) is 0 Å². The average Bonchev–Trinajstić information content (AvgIpc) is 2.40. The average molecular weight is 291 g/mol. The van der Waals surface area contributed by atoms with Gasteiger partial charge in [0.1, 0.15) is 23.2 Å². The van der Waals surface area contributed by atoms with E-state index in [-0.39, 0.29) is 24.1 Å². The summed E-state index contributed by atoms with van der Waals surface area (Å²) in [6.45, 7) is 0. The number of nitrogen functional groups attached to an aromatic ring is 2. The third kappa shape index (κ3) is 3.73. The number of benzene rings is 2. The number of nitrogens with two attached hydrogens (primary N) is 2. The van der Waals surface area contributed by atoms with Crippen molar-refractivity contribution in [2.24, 2.45) is 11.5 Å². The van der Waals surface area contributed by atoms with Gasteiger partial charge in [-0.3, -0.25) is 10.8 Å². The first-order chi connectivity index (χ1) is 9.06. The number of nitrogens with one attached hydrogen (secondary N) is 2. The molecule has 20 heavy (non-hydrogen) atoms. The van der Waals surface area contributed by atoms with Gasteiger partial charge in [0.05, 0.1) is 0 Å². The van der Waals surface area contributed by atoms with E-state index in [2.05, 4.69) is 0 Å². The Morgan fingerprint density at radius 1 is 0.700 bits per heavy atom. The number of hydrogen-bond acceptors (Lipinski definition) is 3. The van der Waals surface area contributed by atoms with E-state index in [1.165, 1.54) is 0 Å². The Balaban J connectivity index is 0.00000200. The topological polar surface area (TPSA) is 109 Å². The van der Waals surface area contributed by atoms with E-state index in [0.29, 0.717) is 22.6 Å². The second kappa shape index (κ2) is 6.58. The summed E-state index contributed by atoms with van der Waals surface area (Å²) < 4.78 is 5.63. The van der Waals surface area contributed by atoms with E-state index in [0.717, 1.165) is 0 Å². The summed E-state index contributed by atoms with van der Waals surface area (Å²) in [5, 5.41) is 14.6. The molecule has 0 amide bonds. The fourth-order valence-electron chi connectivity index (χ4n) is 1.54. The maximum atomic E-state index is 7.30. The molecule has 0 aromatic heterocycles. The van der Waals surface area contributed by atoms with Crippen LogP contribution in [-0.2, 0) is 0 Å². The maximum absolute atomic E-state index is 7.30. The third-order valence-corrected chi connectivity index (χ3v) is 2.57. The van der Waals surface area contributed by atoms with Gasteiger partial charge >= 0.3 is 0 Å². The van der Waals surface area contributed by atoms with E-state index < -0.39 is 0 Å². The number of halogens is 1. The largest absolute Gasteiger partial charge is 0.457 e. The number of hydrogen-bond donors (Lipinski definition) is 4. The van der Waals surface area contributed by atoms with Crippen LogP contribution in [0.3, 0.4) is 0 Å². The Morgan fingerprint density at radius 3 is 1.25 bits per heavy atom. The van der Waals surface area contributed by atoms with Gasteiger partial charge in [0.2, 0.25) is 0 Å². The van der Waals surface area contributed by atoms with E-state index in [1.54, 1.807) is 48.5 Å². The number of rotatable bonds is 4. The highest BCUT2D eigenvalue weighted by atomic mass is 35.5. The summed E-state index contributed by atoms with van der Waals surface area (Å²) in [5.41, 5.74) is 12.0. The molecule has 0 saturated carbocycles. The predicted molar refractivity (Wildman–Crippen MR) is 82.2 cm³/mol. The summed E-state index contributed by atoms with van der Waals surface area (Å²) in [4.78, 5) is 0. The molecule has 5 nitrogen and oxygen atoms in total. The summed E-state index contributed by atoms with van der Waals surface area (Å²) >= 11 is 0. The minimum atomic E-state index is 0. The van der Waals surface area contributed by atoms with Crippen molar-refractivity contribution in [1.82, 2.24) is 0 Å². The molecule has 0 bridgehead atoms. The summed E-state index contributed by atoms with van der Waals surface area (Å²) in [5.74, 6) is 1.36. The van der Waals surface area contributed by atoms with Crippen molar-refractivity contribution < 1.29 is 4.74 Å². The van der Waals surface area contributed by atoms with E-state index in [4.69, 9.17) is 27.0 Å². The van der Waals surface area contributed by atoms with Crippen molar-refractivity contribution in [3.63, 3.8) is 0 Å². The first kappa shape index (κ1) is 15.5. The van der Waals surface area contributed by atoms with Crippen molar-refractivity contribution in [1.29, 1.82) is 10.8 Å². The van der Waals surface area contributed by atoms with E-state index in [9.17, 15) is 0 Å². The van der Waals surface area contributed by atoms with Crippen molar-refractivity contribution >= 4 is 24.1 Å². The predicted octanol–water partition coefficient (Wildman–Crippen LogP) is 2.47. The molecular weight excluding hydrogens is 276 g/mol. The molecule has 2 aromatic rings. The molecule has 6 N–H and O–H groups in total. The molecule has 0 heterocycles. The smallest absolute Gasteiger partial charge is 0.127 e. The van der Waals surface area contributed by atoms with Crippen LogP contribution in [0.5, 0.6) is 11.5 Å². The van der Waals surface area contributed by atoms with Crippen LogP contribution in [-0.4, -0.2) is 11.7 Å². The Bertz CT molecular complexity index is 553. The molecule has 0 aliphatic carbocycles. The monoisotopic (exact) mass is 290 g/mol. The van der Waals surface area contributed by atoms with Gasteiger partial charge in [-0.05, 0) is 48.5 Å². The molecule has 0 spiro atoms. The van der Waals surface area contributed by atoms with Crippen LogP contribution in [0.4, 0.5) is 0 Å². The lowest BCUT2D eigenvalue weighted by Crippen LogP contribution is -2.10. The van der Waals surface area contributed by atoms with Crippen molar-refractivity contribution in [3.8, 4) is 11.5 Å². The summed E-state index contributed by atoms with van der Waals surface area (Å²) in [6.07, 6.45) is 0. The molecule has 0 aliphatic rings. The summed E-state index contributed by atoms with van der Waals surface area (Å²) in [7, 11) is 0. The maximum Gasteiger partial charge on any atom is 0.127 e. The molecule has 0 fully saturated rings. The molecule has 0 aliphatic heterocycles. The molecule has 6 heteroatoms. The van der Waals surface area contributed by atoms with Crippen LogP contribution in [0.1, 0.15) is 11.1 Å². The van der Waals surface area contributed by atoms with Gasteiger partial charge in [0.25, 0.3) is 0 Å². The zero-order valence-corrected chi connectivity index (χ0v) is 11.4. The highest BCUT2D eigenvalue weighted by Gasteiger charge is 2.01. The molecule has 2 aromatic carbocycles. The normalized spacial score (nSPS) is 9.40. The van der Waals surface area contributed by atoms with E-state index in [1.807, 2.05) is 0 Å². The number of ether oxygens (including phenoxy) is 1. The molecule has 0 atom stereocenters.